The molecule has 2 aromatic rings. The van der Waals surface area contributed by atoms with Crippen LogP contribution in [0.3, 0.4) is 0 Å². The summed E-state index contributed by atoms with van der Waals surface area (Å²) < 4.78 is 45.3. The fourth-order valence-electron chi connectivity index (χ4n) is 4.25. The molecule has 5 nitrogen and oxygen atoms in total. The molecule has 0 saturated heterocycles. The molecule has 1 aliphatic rings. The van der Waals surface area contributed by atoms with Crippen LogP contribution < -0.4 is 9.64 Å². The molecule has 1 fully saturated rings. The fraction of sp³-hybridized carbons (Fsp3) is 0.440. The number of carboxylic acid groups (broad SMARTS) is 1. The van der Waals surface area contributed by atoms with Crippen molar-refractivity contribution in [2.75, 3.05) is 4.90 Å². The van der Waals surface area contributed by atoms with Crippen LogP contribution in [-0.2, 0) is 11.0 Å². The first kappa shape index (κ1) is 24.6. The van der Waals surface area contributed by atoms with E-state index in [0.29, 0.717) is 0 Å². The number of ether oxygens (including phenoxy) is 1. The summed E-state index contributed by atoms with van der Waals surface area (Å²) in [5.74, 6) is -2.07. The third-order valence-electron chi connectivity index (χ3n) is 5.84. The molecule has 0 aromatic heterocycles. The molecule has 3 rings (SSSR count). The molecule has 1 saturated carbocycles. The van der Waals surface area contributed by atoms with E-state index >= 15 is 0 Å². The zero-order valence-electron chi connectivity index (χ0n) is 18.7. The number of amides is 1. The Hall–Kier alpha value is -3.03. The van der Waals surface area contributed by atoms with Gasteiger partial charge in [-0.3, -0.25) is 4.79 Å². The van der Waals surface area contributed by atoms with E-state index in [1.807, 2.05) is 13.8 Å². The predicted molar refractivity (Wildman–Crippen MR) is 119 cm³/mol. The van der Waals surface area contributed by atoms with Crippen LogP contribution in [0.4, 0.5) is 18.9 Å². The highest BCUT2D eigenvalue weighted by atomic mass is 19.4. The van der Waals surface area contributed by atoms with Gasteiger partial charge in [-0.2, -0.15) is 13.2 Å². The van der Waals surface area contributed by atoms with Crippen molar-refractivity contribution in [2.24, 2.45) is 5.92 Å². The van der Waals surface area contributed by atoms with Gasteiger partial charge in [0.15, 0.2) is 0 Å². The highest BCUT2D eigenvalue weighted by Crippen LogP contribution is 2.39. The van der Waals surface area contributed by atoms with Crippen molar-refractivity contribution >= 4 is 17.6 Å². The zero-order valence-corrected chi connectivity index (χ0v) is 18.7. The maximum Gasteiger partial charge on any atom is 0.419 e. The summed E-state index contributed by atoms with van der Waals surface area (Å²) in [6.07, 6.45) is 0.985. The number of carboxylic acids is 1. The minimum Gasteiger partial charge on any atom is -0.478 e. The van der Waals surface area contributed by atoms with Gasteiger partial charge >= 0.3 is 12.1 Å². The SMILES string of the molecule is CC(C)N(C(=O)C1CCCCCC1)c1ccc(Oc2ccccc2C(F)(F)F)cc1C(=O)O. The molecule has 33 heavy (non-hydrogen) atoms. The Morgan fingerprint density at radius 3 is 2.24 bits per heavy atom. The summed E-state index contributed by atoms with van der Waals surface area (Å²) >= 11 is 0. The molecule has 2 aromatic carbocycles. The first-order chi connectivity index (χ1) is 15.6. The summed E-state index contributed by atoms with van der Waals surface area (Å²) in [6.45, 7) is 3.62. The lowest BCUT2D eigenvalue weighted by Crippen LogP contribution is -2.42. The molecule has 1 N–H and O–H groups in total. The summed E-state index contributed by atoms with van der Waals surface area (Å²) in [5, 5.41) is 9.83. The van der Waals surface area contributed by atoms with Crippen LogP contribution in [0.15, 0.2) is 42.5 Å². The minimum absolute atomic E-state index is 0.0570. The Kier molecular flexibility index (Phi) is 7.66. The Balaban J connectivity index is 1.97. The van der Waals surface area contributed by atoms with Gasteiger partial charge in [-0.1, -0.05) is 37.8 Å². The van der Waals surface area contributed by atoms with E-state index in [2.05, 4.69) is 0 Å². The Morgan fingerprint density at radius 1 is 1.03 bits per heavy atom. The smallest absolute Gasteiger partial charge is 0.419 e. The number of carbonyl (C=O) groups is 2. The number of aromatic carboxylic acids is 1. The molecule has 1 aliphatic carbocycles. The fourth-order valence-corrected chi connectivity index (χ4v) is 4.25. The Bertz CT molecular complexity index is 995. The predicted octanol–water partition coefficient (Wildman–Crippen LogP) is 6.91. The van der Waals surface area contributed by atoms with Crippen LogP contribution in [-0.4, -0.2) is 23.0 Å². The monoisotopic (exact) mass is 463 g/mol. The normalized spacial score (nSPS) is 15.2. The van der Waals surface area contributed by atoms with E-state index in [9.17, 15) is 27.9 Å². The number of rotatable bonds is 6. The van der Waals surface area contributed by atoms with Gasteiger partial charge in [0, 0.05) is 12.0 Å². The number of halogens is 3. The number of para-hydroxylation sites is 1. The van der Waals surface area contributed by atoms with Gasteiger partial charge < -0.3 is 14.7 Å². The summed E-state index contributed by atoms with van der Waals surface area (Å²) in [7, 11) is 0. The molecular weight excluding hydrogens is 435 g/mol. The van der Waals surface area contributed by atoms with Gasteiger partial charge in [0.25, 0.3) is 0 Å². The average molecular weight is 463 g/mol. The second-order valence-corrected chi connectivity index (χ2v) is 8.57. The van der Waals surface area contributed by atoms with E-state index in [4.69, 9.17) is 4.74 Å². The topological polar surface area (TPSA) is 66.8 Å². The lowest BCUT2D eigenvalue weighted by Gasteiger charge is -2.31. The van der Waals surface area contributed by atoms with E-state index in [0.717, 1.165) is 44.6 Å². The van der Waals surface area contributed by atoms with Crippen LogP contribution >= 0.6 is 0 Å². The number of nitrogens with zero attached hydrogens (tertiary/aromatic N) is 1. The number of carbonyl (C=O) groups excluding carboxylic acids is 1. The van der Waals surface area contributed by atoms with Crippen molar-refractivity contribution in [2.45, 2.75) is 64.6 Å². The summed E-state index contributed by atoms with van der Waals surface area (Å²) in [5.41, 5.74) is -0.950. The van der Waals surface area contributed by atoms with Gasteiger partial charge in [-0.05, 0) is 57.0 Å². The van der Waals surface area contributed by atoms with Crippen LogP contribution in [0.2, 0.25) is 0 Å². The first-order valence-electron chi connectivity index (χ1n) is 11.1. The van der Waals surface area contributed by atoms with E-state index in [1.54, 1.807) is 0 Å². The third-order valence-corrected chi connectivity index (χ3v) is 5.84. The Morgan fingerprint density at radius 2 is 1.67 bits per heavy atom. The minimum atomic E-state index is -4.62. The highest BCUT2D eigenvalue weighted by Gasteiger charge is 2.35. The number of hydrogen-bond acceptors (Lipinski definition) is 3. The number of alkyl halides is 3. The van der Waals surface area contributed by atoms with Crippen LogP contribution in [0, 0.1) is 5.92 Å². The van der Waals surface area contributed by atoms with Crippen molar-refractivity contribution < 1.29 is 32.6 Å². The molecule has 0 atom stereocenters. The lowest BCUT2D eigenvalue weighted by atomic mass is 9.97. The van der Waals surface area contributed by atoms with Crippen LogP contribution in [0.25, 0.3) is 0 Å². The molecule has 0 spiro atoms. The van der Waals surface area contributed by atoms with Gasteiger partial charge in [0.2, 0.25) is 5.91 Å². The molecule has 0 unspecified atom stereocenters. The van der Waals surface area contributed by atoms with Gasteiger partial charge in [-0.15, -0.1) is 0 Å². The standard InChI is InChI=1S/C25H28F3NO4/c1-16(2)29(23(30)17-9-5-3-4-6-10-17)21-14-13-18(15-19(21)24(31)32)33-22-12-8-7-11-20(22)25(26,27)28/h7-8,11-17H,3-6,9-10H2,1-2H3,(H,31,32). The first-order valence-corrected chi connectivity index (χ1v) is 11.1. The molecular formula is C25H28F3NO4. The van der Waals surface area contributed by atoms with Crippen molar-refractivity contribution in [1.29, 1.82) is 0 Å². The molecule has 8 heteroatoms. The quantitative estimate of drug-likeness (QED) is 0.473. The summed E-state index contributed by atoms with van der Waals surface area (Å²) in [4.78, 5) is 26.9. The molecule has 178 valence electrons. The van der Waals surface area contributed by atoms with Crippen molar-refractivity contribution in [3.63, 3.8) is 0 Å². The zero-order chi connectivity index (χ0) is 24.2. The molecule has 0 aliphatic heterocycles. The van der Waals surface area contributed by atoms with Gasteiger partial charge in [0.1, 0.15) is 11.5 Å². The second kappa shape index (κ2) is 10.3. The maximum absolute atomic E-state index is 13.4. The van der Waals surface area contributed by atoms with Crippen molar-refractivity contribution in [3.05, 3.63) is 53.6 Å². The summed E-state index contributed by atoms with van der Waals surface area (Å²) in [6, 6.07) is 8.43. The van der Waals surface area contributed by atoms with Gasteiger partial charge in [-0.25, -0.2) is 4.79 Å². The molecule has 0 radical (unpaired) electrons. The number of anilines is 1. The second-order valence-electron chi connectivity index (χ2n) is 8.57. The highest BCUT2D eigenvalue weighted by molar-refractivity contribution is 6.03. The van der Waals surface area contributed by atoms with Crippen molar-refractivity contribution in [1.82, 2.24) is 0 Å². The lowest BCUT2D eigenvalue weighted by molar-refractivity contribution is -0.138. The number of hydrogen-bond donors (Lipinski definition) is 1. The van der Waals surface area contributed by atoms with Crippen LogP contribution in [0.1, 0.15) is 68.3 Å². The number of benzene rings is 2. The van der Waals surface area contributed by atoms with Gasteiger partial charge in [0.05, 0.1) is 16.8 Å². The Labute approximate surface area is 191 Å². The van der Waals surface area contributed by atoms with Crippen LogP contribution in [0.5, 0.6) is 11.5 Å². The largest absolute Gasteiger partial charge is 0.478 e. The average Bonchev–Trinajstić information content (AvgIpc) is 3.03. The molecule has 1 amide bonds. The third kappa shape index (κ3) is 5.86. The molecule has 0 bridgehead atoms. The van der Waals surface area contributed by atoms with E-state index in [1.165, 1.54) is 41.3 Å². The van der Waals surface area contributed by atoms with E-state index in [-0.39, 0.29) is 34.9 Å². The molecule has 0 heterocycles. The van der Waals surface area contributed by atoms with Crippen molar-refractivity contribution in [3.8, 4) is 11.5 Å². The maximum atomic E-state index is 13.4. The van der Waals surface area contributed by atoms with E-state index < -0.39 is 23.5 Å².